The van der Waals surface area contributed by atoms with Gasteiger partial charge in [0.1, 0.15) is 6.04 Å². The van der Waals surface area contributed by atoms with Gasteiger partial charge in [-0.3, -0.25) is 19.3 Å². The second-order valence-electron chi connectivity index (χ2n) is 4.87. The van der Waals surface area contributed by atoms with Crippen LogP contribution >= 0.6 is 0 Å². The third kappa shape index (κ3) is 2.98. The molecule has 1 heterocycles. The SMILES string of the molecule is COC(=O)C(C)NC(=O)CCN1C(=O)c2ccccc2C1=O. The van der Waals surface area contributed by atoms with E-state index in [2.05, 4.69) is 10.1 Å². The Morgan fingerprint density at radius 2 is 1.73 bits per heavy atom. The summed E-state index contributed by atoms with van der Waals surface area (Å²) < 4.78 is 4.49. The zero-order valence-corrected chi connectivity index (χ0v) is 12.3. The lowest BCUT2D eigenvalue weighted by Crippen LogP contribution is -2.41. The standard InChI is InChI=1S/C15H16N2O5/c1-9(15(21)22-2)16-12(18)7-8-17-13(19)10-5-3-4-6-11(10)14(17)20/h3-6,9H,7-8H2,1-2H3,(H,16,18). The van der Waals surface area contributed by atoms with Crippen LogP contribution in [-0.4, -0.2) is 48.3 Å². The third-order valence-corrected chi connectivity index (χ3v) is 3.37. The van der Waals surface area contributed by atoms with E-state index in [1.54, 1.807) is 24.3 Å². The highest BCUT2D eigenvalue weighted by atomic mass is 16.5. The van der Waals surface area contributed by atoms with Crippen LogP contribution < -0.4 is 5.32 Å². The number of esters is 1. The highest BCUT2D eigenvalue weighted by Crippen LogP contribution is 2.22. The number of ether oxygens (including phenoxy) is 1. The molecule has 1 unspecified atom stereocenters. The molecule has 1 N–H and O–H groups in total. The van der Waals surface area contributed by atoms with E-state index in [1.165, 1.54) is 14.0 Å². The Labute approximate surface area is 127 Å². The van der Waals surface area contributed by atoms with Crippen LogP contribution in [0.4, 0.5) is 0 Å². The lowest BCUT2D eigenvalue weighted by atomic mass is 10.1. The molecule has 0 fully saturated rings. The van der Waals surface area contributed by atoms with E-state index in [1.807, 2.05) is 0 Å². The number of nitrogens with zero attached hydrogens (tertiary/aromatic N) is 1. The topological polar surface area (TPSA) is 92.8 Å². The maximum Gasteiger partial charge on any atom is 0.328 e. The fourth-order valence-electron chi connectivity index (χ4n) is 2.20. The van der Waals surface area contributed by atoms with Crippen molar-refractivity contribution in [2.24, 2.45) is 0 Å². The number of imide groups is 1. The quantitative estimate of drug-likeness (QED) is 0.626. The van der Waals surface area contributed by atoms with Gasteiger partial charge in [-0.1, -0.05) is 12.1 Å². The largest absolute Gasteiger partial charge is 0.467 e. The highest BCUT2D eigenvalue weighted by Gasteiger charge is 2.35. The Bertz CT molecular complexity index is 606. The van der Waals surface area contributed by atoms with Crippen molar-refractivity contribution in [3.8, 4) is 0 Å². The van der Waals surface area contributed by atoms with Crippen molar-refractivity contribution in [2.45, 2.75) is 19.4 Å². The molecule has 2 rings (SSSR count). The van der Waals surface area contributed by atoms with E-state index in [4.69, 9.17) is 0 Å². The molecule has 1 aromatic carbocycles. The van der Waals surface area contributed by atoms with Crippen LogP contribution in [0.2, 0.25) is 0 Å². The molecular formula is C15H16N2O5. The van der Waals surface area contributed by atoms with Crippen molar-refractivity contribution in [1.82, 2.24) is 10.2 Å². The molecule has 116 valence electrons. The Balaban J connectivity index is 1.93. The van der Waals surface area contributed by atoms with Crippen LogP contribution in [0.25, 0.3) is 0 Å². The Hall–Kier alpha value is -2.70. The summed E-state index contributed by atoms with van der Waals surface area (Å²) in [7, 11) is 1.23. The Kier molecular flexibility index (Phi) is 4.55. The van der Waals surface area contributed by atoms with Gasteiger partial charge >= 0.3 is 5.97 Å². The third-order valence-electron chi connectivity index (χ3n) is 3.37. The number of carbonyl (C=O) groups is 4. The molecule has 1 atom stereocenters. The molecule has 0 aromatic heterocycles. The number of nitrogens with one attached hydrogen (secondary N) is 1. The number of benzene rings is 1. The van der Waals surface area contributed by atoms with E-state index in [9.17, 15) is 19.2 Å². The maximum atomic E-state index is 12.1. The van der Waals surface area contributed by atoms with E-state index >= 15 is 0 Å². The first kappa shape index (κ1) is 15.7. The van der Waals surface area contributed by atoms with Crippen LogP contribution in [0.15, 0.2) is 24.3 Å². The van der Waals surface area contributed by atoms with E-state index < -0.39 is 29.7 Å². The second kappa shape index (κ2) is 6.38. The molecule has 0 saturated carbocycles. The van der Waals surface area contributed by atoms with Crippen LogP contribution in [0.1, 0.15) is 34.1 Å². The van der Waals surface area contributed by atoms with Crippen molar-refractivity contribution in [3.05, 3.63) is 35.4 Å². The molecule has 0 saturated heterocycles. The molecule has 22 heavy (non-hydrogen) atoms. The molecule has 0 spiro atoms. The van der Waals surface area contributed by atoms with Crippen molar-refractivity contribution >= 4 is 23.7 Å². The summed E-state index contributed by atoms with van der Waals surface area (Å²) in [5.41, 5.74) is 0.687. The maximum absolute atomic E-state index is 12.1. The number of hydrogen-bond acceptors (Lipinski definition) is 5. The normalized spacial score (nSPS) is 14.5. The number of carbonyl (C=O) groups excluding carboxylic acids is 4. The summed E-state index contributed by atoms with van der Waals surface area (Å²) in [5, 5.41) is 2.44. The Morgan fingerprint density at radius 1 is 1.18 bits per heavy atom. The van der Waals surface area contributed by atoms with Gasteiger partial charge in [0.15, 0.2) is 0 Å². The molecule has 3 amide bonds. The lowest BCUT2D eigenvalue weighted by Gasteiger charge is -2.15. The minimum absolute atomic E-state index is 0.0356. The molecule has 0 bridgehead atoms. The Morgan fingerprint density at radius 3 is 2.23 bits per heavy atom. The zero-order chi connectivity index (χ0) is 16.3. The van der Waals surface area contributed by atoms with Crippen LogP contribution in [0.3, 0.4) is 0 Å². The number of methoxy groups -OCH3 is 1. The van der Waals surface area contributed by atoms with E-state index in [0.29, 0.717) is 11.1 Å². The van der Waals surface area contributed by atoms with Gasteiger partial charge in [-0.2, -0.15) is 0 Å². The molecule has 1 aromatic rings. The predicted molar refractivity (Wildman–Crippen MR) is 76.0 cm³/mol. The minimum Gasteiger partial charge on any atom is -0.467 e. The molecule has 1 aliphatic rings. The number of hydrogen-bond donors (Lipinski definition) is 1. The summed E-state index contributed by atoms with van der Waals surface area (Å²) in [5.74, 6) is -1.81. The summed E-state index contributed by atoms with van der Waals surface area (Å²) in [6.07, 6.45) is -0.0766. The summed E-state index contributed by atoms with van der Waals surface area (Å²) >= 11 is 0. The first-order valence-electron chi connectivity index (χ1n) is 6.78. The van der Waals surface area contributed by atoms with Crippen LogP contribution in [0.5, 0.6) is 0 Å². The molecule has 7 nitrogen and oxygen atoms in total. The second-order valence-corrected chi connectivity index (χ2v) is 4.87. The number of fused-ring (bicyclic) bond motifs is 1. The molecule has 7 heteroatoms. The van der Waals surface area contributed by atoms with Crippen molar-refractivity contribution in [2.75, 3.05) is 13.7 Å². The minimum atomic E-state index is -0.778. The van der Waals surface area contributed by atoms with Gasteiger partial charge in [0, 0.05) is 13.0 Å². The predicted octanol–water partition coefficient (Wildman–Crippen LogP) is 0.350. The van der Waals surface area contributed by atoms with Crippen molar-refractivity contribution in [1.29, 1.82) is 0 Å². The molecular weight excluding hydrogens is 288 g/mol. The highest BCUT2D eigenvalue weighted by molar-refractivity contribution is 6.21. The van der Waals surface area contributed by atoms with Crippen molar-refractivity contribution in [3.63, 3.8) is 0 Å². The summed E-state index contributed by atoms with van der Waals surface area (Å²) in [4.78, 5) is 48.2. The number of amides is 3. The van der Waals surface area contributed by atoms with Crippen molar-refractivity contribution < 1.29 is 23.9 Å². The molecule has 1 aliphatic heterocycles. The van der Waals surface area contributed by atoms with Crippen LogP contribution in [0, 0.1) is 0 Å². The van der Waals surface area contributed by atoms with Gasteiger partial charge in [0.05, 0.1) is 18.2 Å². The summed E-state index contributed by atoms with van der Waals surface area (Å²) in [6, 6.07) is 5.74. The van der Waals surface area contributed by atoms with Gasteiger partial charge in [-0.05, 0) is 19.1 Å². The first-order valence-corrected chi connectivity index (χ1v) is 6.78. The molecule has 0 radical (unpaired) electrons. The fourth-order valence-corrected chi connectivity index (χ4v) is 2.20. The van der Waals surface area contributed by atoms with E-state index in [-0.39, 0.29) is 13.0 Å². The van der Waals surface area contributed by atoms with Gasteiger partial charge in [-0.15, -0.1) is 0 Å². The van der Waals surface area contributed by atoms with Gasteiger partial charge in [0.2, 0.25) is 5.91 Å². The summed E-state index contributed by atoms with van der Waals surface area (Å²) in [6.45, 7) is 1.46. The molecule has 0 aliphatic carbocycles. The fraction of sp³-hybridized carbons (Fsp3) is 0.333. The lowest BCUT2D eigenvalue weighted by molar-refractivity contribution is -0.144. The number of rotatable bonds is 5. The monoisotopic (exact) mass is 304 g/mol. The zero-order valence-electron chi connectivity index (χ0n) is 12.3. The first-order chi connectivity index (χ1) is 10.5. The average molecular weight is 304 g/mol. The van der Waals surface area contributed by atoms with Gasteiger partial charge in [0.25, 0.3) is 11.8 Å². The van der Waals surface area contributed by atoms with Crippen LogP contribution in [-0.2, 0) is 14.3 Å². The van der Waals surface area contributed by atoms with Gasteiger partial charge in [-0.25, -0.2) is 4.79 Å². The van der Waals surface area contributed by atoms with Gasteiger partial charge < -0.3 is 10.1 Å². The smallest absolute Gasteiger partial charge is 0.328 e. The van der Waals surface area contributed by atoms with E-state index in [0.717, 1.165) is 4.90 Å². The average Bonchev–Trinajstić information content (AvgIpc) is 2.76.